The topological polar surface area (TPSA) is 162 Å². The lowest BCUT2D eigenvalue weighted by Gasteiger charge is -2.26. The Hall–Kier alpha value is -6.36. The molecule has 0 saturated carbocycles. The number of hydrogen-bond acceptors (Lipinski definition) is 7. The molecule has 0 aliphatic rings. The van der Waals surface area contributed by atoms with Crippen molar-refractivity contribution in [3.05, 3.63) is 137 Å². The second-order valence-electron chi connectivity index (χ2n) is 11.5. The van der Waals surface area contributed by atoms with Gasteiger partial charge in [-0.05, 0) is 119 Å². The van der Waals surface area contributed by atoms with Gasteiger partial charge in [-0.25, -0.2) is 9.97 Å². The minimum absolute atomic E-state index is 0.0628. The summed E-state index contributed by atoms with van der Waals surface area (Å²) in [5.41, 5.74) is 6.55. The molecule has 0 aliphatic carbocycles. The number of aliphatic carboxylic acids is 2. The normalized spacial score (nSPS) is 10.3. The predicted molar refractivity (Wildman–Crippen MR) is 193 cm³/mol. The monoisotopic (exact) mass is 673 g/mol. The van der Waals surface area contributed by atoms with Gasteiger partial charge in [-0.1, -0.05) is 29.8 Å². The summed E-state index contributed by atoms with van der Waals surface area (Å²) in [6.07, 6.45) is 1.02. The molecule has 0 saturated heterocycles. The number of pyridine rings is 2. The number of carbonyl (C=O) groups excluding carboxylic acids is 2. The summed E-state index contributed by atoms with van der Waals surface area (Å²) in [4.78, 5) is 56.2. The predicted octanol–water partition coefficient (Wildman–Crippen LogP) is 8.09. The first kappa shape index (κ1) is 36.5. The maximum Gasteiger partial charge on any atom is 0.303 e. The highest BCUT2D eigenvalue weighted by molar-refractivity contribution is 6.05. The minimum Gasteiger partial charge on any atom is -0.481 e. The van der Waals surface area contributed by atoms with Crippen molar-refractivity contribution in [2.75, 3.05) is 15.5 Å². The van der Waals surface area contributed by atoms with E-state index in [2.05, 4.69) is 37.6 Å². The number of anilines is 5. The Morgan fingerprint density at radius 2 is 0.900 bits per heavy atom. The molecule has 0 spiro atoms. The summed E-state index contributed by atoms with van der Waals surface area (Å²) in [6, 6.07) is 34.0. The van der Waals surface area contributed by atoms with E-state index in [9.17, 15) is 19.2 Å². The number of benzene rings is 3. The quantitative estimate of drug-likeness (QED) is 0.0959. The van der Waals surface area contributed by atoms with Crippen LogP contribution in [0.2, 0.25) is 0 Å². The van der Waals surface area contributed by atoms with Gasteiger partial charge in [0.15, 0.2) is 0 Å². The number of aryl methyl sites for hydroxylation is 3. The zero-order chi connectivity index (χ0) is 36.0. The number of nitrogens with zero attached hydrogens (tertiary/aromatic N) is 3. The summed E-state index contributed by atoms with van der Waals surface area (Å²) in [7, 11) is 0. The van der Waals surface area contributed by atoms with E-state index in [4.69, 9.17) is 10.2 Å². The highest BCUT2D eigenvalue weighted by atomic mass is 16.4. The van der Waals surface area contributed by atoms with Crippen molar-refractivity contribution in [2.24, 2.45) is 0 Å². The van der Waals surface area contributed by atoms with Crippen molar-refractivity contribution in [3.63, 3.8) is 0 Å². The van der Waals surface area contributed by atoms with Gasteiger partial charge in [0.05, 0.1) is 0 Å². The zero-order valence-electron chi connectivity index (χ0n) is 28.1. The van der Waals surface area contributed by atoms with Gasteiger partial charge < -0.3 is 25.7 Å². The van der Waals surface area contributed by atoms with Crippen molar-refractivity contribution < 1.29 is 29.4 Å². The zero-order valence-corrected chi connectivity index (χ0v) is 28.1. The number of aromatic nitrogens is 2. The number of nitrogens with one attached hydrogen (secondary N) is 2. The van der Waals surface area contributed by atoms with Crippen molar-refractivity contribution in [1.29, 1.82) is 0 Å². The molecule has 0 fully saturated rings. The van der Waals surface area contributed by atoms with Crippen LogP contribution in [0.3, 0.4) is 0 Å². The summed E-state index contributed by atoms with van der Waals surface area (Å²) in [5, 5.41) is 22.0. The van der Waals surface area contributed by atoms with Crippen molar-refractivity contribution in [1.82, 2.24) is 9.97 Å². The first-order valence-corrected chi connectivity index (χ1v) is 16.0. The summed E-state index contributed by atoms with van der Waals surface area (Å²) in [6.45, 7) is 5.80. The lowest BCUT2D eigenvalue weighted by Crippen LogP contribution is -2.15. The van der Waals surface area contributed by atoms with Gasteiger partial charge in [0.25, 0.3) is 11.8 Å². The third-order valence-electron chi connectivity index (χ3n) is 7.36. The van der Waals surface area contributed by atoms with Crippen molar-refractivity contribution in [3.8, 4) is 0 Å². The fourth-order valence-corrected chi connectivity index (χ4v) is 4.82. The molecule has 4 N–H and O–H groups in total. The molecule has 5 rings (SSSR count). The summed E-state index contributed by atoms with van der Waals surface area (Å²) >= 11 is 0. The fourth-order valence-electron chi connectivity index (χ4n) is 4.82. The first-order chi connectivity index (χ1) is 24.0. The number of hydrogen-bond donors (Lipinski definition) is 4. The maximum atomic E-state index is 12.8. The maximum absolute atomic E-state index is 12.8. The van der Waals surface area contributed by atoms with Crippen LogP contribution in [0.1, 0.15) is 63.4 Å². The number of carbonyl (C=O) groups is 4. The average molecular weight is 674 g/mol. The van der Waals surface area contributed by atoms with E-state index < -0.39 is 11.9 Å². The standard InChI is InChI=1S/C33H29N5O2.C6H10O4/c1-22-10-16-27(17-11-22)38(28-18-12-25(13-19-28)32(39)36-30-8-4-6-23(2)34-30)29-20-14-26(15-21-29)33(40)37-31-9-5-7-24(3)35-31;7-5(8)3-1-2-4-6(9)10/h4-21H,1-3H3,(H,34,36,39)(H,35,37,40);1-4H2,(H,7,8)(H,9,10). The van der Waals surface area contributed by atoms with E-state index in [0.29, 0.717) is 35.6 Å². The van der Waals surface area contributed by atoms with Crippen LogP contribution in [0.15, 0.2) is 109 Å². The highest BCUT2D eigenvalue weighted by Crippen LogP contribution is 2.35. The molecule has 0 aliphatic heterocycles. The molecule has 2 aromatic heterocycles. The van der Waals surface area contributed by atoms with Crippen molar-refractivity contribution in [2.45, 2.75) is 46.5 Å². The number of carboxylic acid groups (broad SMARTS) is 2. The molecular formula is C39H39N5O6. The van der Waals surface area contributed by atoms with Crippen LogP contribution in [0.4, 0.5) is 28.7 Å². The van der Waals surface area contributed by atoms with E-state index in [1.54, 1.807) is 36.4 Å². The Bertz CT molecular complexity index is 1810. The molecule has 0 atom stereocenters. The van der Waals surface area contributed by atoms with E-state index in [1.165, 1.54) is 0 Å². The SMILES string of the molecule is Cc1ccc(N(c2ccc(C(=O)Nc3cccc(C)n3)cc2)c2ccc(C(=O)Nc3cccc(C)n3)cc2)cc1.O=C(O)CCCCC(=O)O. The average Bonchev–Trinajstić information content (AvgIpc) is 3.08. The lowest BCUT2D eigenvalue weighted by atomic mass is 10.1. The van der Waals surface area contributed by atoms with Gasteiger partial charge in [0.1, 0.15) is 11.6 Å². The van der Waals surface area contributed by atoms with Gasteiger partial charge in [-0.2, -0.15) is 0 Å². The molecule has 0 bridgehead atoms. The first-order valence-electron chi connectivity index (χ1n) is 16.0. The van der Waals surface area contributed by atoms with Gasteiger partial charge in [-0.15, -0.1) is 0 Å². The minimum atomic E-state index is -0.870. The Morgan fingerprint density at radius 1 is 0.540 bits per heavy atom. The highest BCUT2D eigenvalue weighted by Gasteiger charge is 2.15. The largest absolute Gasteiger partial charge is 0.481 e. The lowest BCUT2D eigenvalue weighted by molar-refractivity contribution is -0.139. The van der Waals surface area contributed by atoms with E-state index >= 15 is 0 Å². The van der Waals surface area contributed by atoms with Crippen LogP contribution in [-0.4, -0.2) is 43.9 Å². The van der Waals surface area contributed by atoms with Gasteiger partial charge in [0.2, 0.25) is 0 Å². The molecule has 0 radical (unpaired) electrons. The van der Waals surface area contributed by atoms with Gasteiger partial charge >= 0.3 is 11.9 Å². The number of rotatable bonds is 12. The molecule has 0 unspecified atom stereocenters. The van der Waals surface area contributed by atoms with E-state index in [-0.39, 0.29) is 24.7 Å². The fraction of sp³-hybridized carbons (Fsp3) is 0.179. The number of unbranched alkanes of at least 4 members (excludes halogenated alkanes) is 1. The van der Waals surface area contributed by atoms with Crippen LogP contribution in [0.5, 0.6) is 0 Å². The van der Waals surface area contributed by atoms with Gasteiger partial charge in [-0.3, -0.25) is 19.2 Å². The molecule has 3 aromatic carbocycles. The molecule has 50 heavy (non-hydrogen) atoms. The third-order valence-corrected chi connectivity index (χ3v) is 7.36. The molecule has 2 heterocycles. The Kier molecular flexibility index (Phi) is 12.9. The van der Waals surface area contributed by atoms with Crippen LogP contribution in [0.25, 0.3) is 0 Å². The van der Waals surface area contributed by atoms with Gasteiger partial charge in [0, 0.05) is 52.4 Å². The molecule has 11 heteroatoms. The third kappa shape index (κ3) is 11.1. The molecule has 5 aromatic rings. The molecule has 256 valence electrons. The van der Waals surface area contributed by atoms with Crippen LogP contribution in [0, 0.1) is 20.8 Å². The second-order valence-corrected chi connectivity index (χ2v) is 11.5. The van der Waals surface area contributed by atoms with Crippen LogP contribution < -0.4 is 15.5 Å². The molecular weight excluding hydrogens is 634 g/mol. The van der Waals surface area contributed by atoms with Crippen LogP contribution >= 0.6 is 0 Å². The molecule has 2 amide bonds. The van der Waals surface area contributed by atoms with E-state index in [1.807, 2.05) is 81.4 Å². The number of amides is 2. The Labute approximate surface area is 290 Å². The number of carboxylic acids is 2. The molecule has 11 nitrogen and oxygen atoms in total. The Morgan fingerprint density at radius 3 is 1.24 bits per heavy atom. The Balaban J connectivity index is 0.000000490. The summed E-state index contributed by atoms with van der Waals surface area (Å²) in [5.74, 6) is -1.18. The smallest absolute Gasteiger partial charge is 0.303 e. The van der Waals surface area contributed by atoms with Crippen molar-refractivity contribution >= 4 is 52.5 Å². The summed E-state index contributed by atoms with van der Waals surface area (Å²) < 4.78 is 0. The second kappa shape index (κ2) is 17.7. The van der Waals surface area contributed by atoms with Crippen LogP contribution in [-0.2, 0) is 9.59 Å². The van der Waals surface area contributed by atoms with E-state index in [0.717, 1.165) is 34.0 Å².